The minimum absolute atomic E-state index is 0. The molecule has 8 heavy (non-hydrogen) atoms. The summed E-state index contributed by atoms with van der Waals surface area (Å²) < 4.78 is 0. The molecule has 0 saturated heterocycles. The monoisotopic (exact) mass is 114 g/mol. The predicted molar refractivity (Wildman–Crippen MR) is 34.6 cm³/mol. The van der Waals surface area contributed by atoms with E-state index in [9.17, 15) is 0 Å². The molecular formula is C7H11F. The van der Waals surface area contributed by atoms with Crippen LogP contribution in [0, 0.1) is 0 Å². The minimum atomic E-state index is 0. The van der Waals surface area contributed by atoms with Crippen molar-refractivity contribution >= 4 is 0 Å². The molecule has 0 unspecified atom stereocenters. The highest BCUT2D eigenvalue weighted by Crippen LogP contribution is 2.08. The van der Waals surface area contributed by atoms with Crippen LogP contribution in [0.2, 0.25) is 0 Å². The van der Waals surface area contributed by atoms with Gasteiger partial charge in [0.2, 0.25) is 0 Å². The third-order valence-electron chi connectivity index (χ3n) is 1.22. The van der Waals surface area contributed by atoms with E-state index < -0.39 is 0 Å². The van der Waals surface area contributed by atoms with Gasteiger partial charge < -0.3 is 0 Å². The maximum absolute atomic E-state index is 2.20. The maximum Gasteiger partial charge on any atom is -0.0285 e. The number of rotatable bonds is 0. The lowest BCUT2D eigenvalue weighted by Crippen LogP contribution is -1.78. The van der Waals surface area contributed by atoms with Crippen molar-refractivity contribution < 1.29 is 4.70 Å². The lowest BCUT2D eigenvalue weighted by Gasteiger charge is -1.98. The highest BCUT2D eigenvalue weighted by Gasteiger charge is 1.88. The van der Waals surface area contributed by atoms with E-state index in [2.05, 4.69) is 25.2 Å². The van der Waals surface area contributed by atoms with Crippen LogP contribution in [0.1, 0.15) is 19.8 Å². The molecule has 1 aliphatic carbocycles. The van der Waals surface area contributed by atoms with Crippen molar-refractivity contribution in [2.75, 3.05) is 0 Å². The summed E-state index contributed by atoms with van der Waals surface area (Å²) in [4.78, 5) is 0. The second kappa shape index (κ2) is 3.42. The summed E-state index contributed by atoms with van der Waals surface area (Å²) in [6.07, 6.45) is 8.99. The second-order valence-electron chi connectivity index (χ2n) is 1.98. The summed E-state index contributed by atoms with van der Waals surface area (Å²) in [6, 6.07) is 0. The van der Waals surface area contributed by atoms with Crippen LogP contribution < -0.4 is 0 Å². The van der Waals surface area contributed by atoms with Gasteiger partial charge in [0, 0.05) is 0 Å². The lowest BCUT2D eigenvalue weighted by atomic mass is 10.1. The zero-order valence-corrected chi connectivity index (χ0v) is 5.05. The van der Waals surface area contributed by atoms with Crippen LogP contribution in [0.5, 0.6) is 0 Å². The molecule has 0 radical (unpaired) electrons. The van der Waals surface area contributed by atoms with Crippen molar-refractivity contribution in [3.05, 3.63) is 23.8 Å². The fourth-order valence-corrected chi connectivity index (χ4v) is 0.723. The van der Waals surface area contributed by atoms with Gasteiger partial charge in [-0.15, -0.1) is 0 Å². The van der Waals surface area contributed by atoms with E-state index in [1.165, 1.54) is 18.4 Å². The van der Waals surface area contributed by atoms with E-state index in [0.29, 0.717) is 0 Å². The first-order chi connectivity index (χ1) is 3.39. The van der Waals surface area contributed by atoms with E-state index in [1.54, 1.807) is 0 Å². The zero-order chi connectivity index (χ0) is 5.11. The predicted octanol–water partition coefficient (Wildman–Crippen LogP) is 2.44. The first-order valence-corrected chi connectivity index (χ1v) is 2.72. The third-order valence-corrected chi connectivity index (χ3v) is 1.22. The summed E-state index contributed by atoms with van der Waals surface area (Å²) in [7, 11) is 0. The minimum Gasteiger partial charge on any atom is -0.269 e. The SMILES string of the molecule is CC1=CC=CCC1.F. The number of hydrogen-bond acceptors (Lipinski definition) is 0. The molecular weight excluding hydrogens is 103 g/mol. The molecule has 0 heterocycles. The molecule has 0 N–H and O–H groups in total. The highest BCUT2D eigenvalue weighted by atomic mass is 19.0. The van der Waals surface area contributed by atoms with Crippen LogP contribution in [0.3, 0.4) is 0 Å². The highest BCUT2D eigenvalue weighted by molar-refractivity contribution is 5.15. The van der Waals surface area contributed by atoms with Gasteiger partial charge in [-0.3, -0.25) is 4.70 Å². The summed E-state index contributed by atoms with van der Waals surface area (Å²) in [5.41, 5.74) is 1.50. The Labute approximate surface area is 49.3 Å². The van der Waals surface area contributed by atoms with Crippen LogP contribution in [-0.2, 0) is 0 Å². The molecule has 0 spiro atoms. The van der Waals surface area contributed by atoms with Gasteiger partial charge in [-0.25, -0.2) is 0 Å². The largest absolute Gasteiger partial charge is 0.269 e. The Hall–Kier alpha value is -0.590. The molecule has 1 aliphatic rings. The molecule has 0 amide bonds. The van der Waals surface area contributed by atoms with Crippen molar-refractivity contribution in [3.63, 3.8) is 0 Å². The molecule has 0 aromatic carbocycles. The molecule has 0 aliphatic heterocycles. The van der Waals surface area contributed by atoms with Crippen LogP contribution in [0.25, 0.3) is 0 Å². The lowest BCUT2D eigenvalue weighted by molar-refractivity contribution is 0.962. The van der Waals surface area contributed by atoms with Crippen LogP contribution >= 0.6 is 0 Å². The molecule has 0 aromatic heterocycles. The Morgan fingerprint density at radius 1 is 1.50 bits per heavy atom. The maximum atomic E-state index is 2.20. The fraction of sp³-hybridized carbons (Fsp3) is 0.429. The van der Waals surface area contributed by atoms with E-state index in [4.69, 9.17) is 0 Å². The van der Waals surface area contributed by atoms with Gasteiger partial charge in [0.05, 0.1) is 0 Å². The Morgan fingerprint density at radius 2 is 2.25 bits per heavy atom. The van der Waals surface area contributed by atoms with Gasteiger partial charge in [0.25, 0.3) is 0 Å². The van der Waals surface area contributed by atoms with Gasteiger partial charge in [-0.1, -0.05) is 23.8 Å². The Kier molecular flexibility index (Phi) is 3.16. The average Bonchev–Trinajstić information content (AvgIpc) is 1.69. The Bertz CT molecular complexity index is 112. The smallest absolute Gasteiger partial charge is 0.0285 e. The van der Waals surface area contributed by atoms with Crippen molar-refractivity contribution in [2.45, 2.75) is 19.8 Å². The van der Waals surface area contributed by atoms with Crippen LogP contribution in [0.4, 0.5) is 4.70 Å². The van der Waals surface area contributed by atoms with E-state index >= 15 is 0 Å². The van der Waals surface area contributed by atoms with E-state index in [1.807, 2.05) is 0 Å². The molecule has 0 nitrogen and oxygen atoms in total. The van der Waals surface area contributed by atoms with Gasteiger partial charge in [-0.05, 0) is 19.8 Å². The van der Waals surface area contributed by atoms with Crippen molar-refractivity contribution in [2.24, 2.45) is 0 Å². The Balaban J connectivity index is 0.000000490. The molecule has 0 atom stereocenters. The molecule has 46 valence electrons. The van der Waals surface area contributed by atoms with Crippen LogP contribution in [0.15, 0.2) is 23.8 Å². The van der Waals surface area contributed by atoms with E-state index in [-0.39, 0.29) is 4.70 Å². The molecule has 0 saturated carbocycles. The quantitative estimate of drug-likeness (QED) is 0.453. The normalized spacial score (nSPS) is 16.9. The average molecular weight is 114 g/mol. The van der Waals surface area contributed by atoms with Crippen molar-refractivity contribution in [1.29, 1.82) is 0 Å². The first-order valence-electron chi connectivity index (χ1n) is 2.72. The number of hydrogen-bond donors (Lipinski definition) is 0. The van der Waals surface area contributed by atoms with E-state index in [0.717, 1.165) is 0 Å². The Morgan fingerprint density at radius 3 is 2.50 bits per heavy atom. The zero-order valence-electron chi connectivity index (χ0n) is 5.05. The number of allylic oxidation sites excluding steroid dienone is 4. The molecule has 1 rings (SSSR count). The second-order valence-corrected chi connectivity index (χ2v) is 1.98. The summed E-state index contributed by atoms with van der Waals surface area (Å²) in [5, 5.41) is 0. The molecule has 0 aromatic rings. The van der Waals surface area contributed by atoms with Gasteiger partial charge in [-0.2, -0.15) is 0 Å². The summed E-state index contributed by atoms with van der Waals surface area (Å²) in [6.45, 7) is 2.17. The summed E-state index contributed by atoms with van der Waals surface area (Å²) >= 11 is 0. The van der Waals surface area contributed by atoms with Crippen molar-refractivity contribution in [3.8, 4) is 0 Å². The third kappa shape index (κ3) is 1.92. The van der Waals surface area contributed by atoms with Crippen molar-refractivity contribution in [1.82, 2.24) is 0 Å². The standard InChI is InChI=1S/C7H10.FH/c1-7-5-3-2-4-6-7;/h2-3,5H,4,6H2,1H3;1H. The topological polar surface area (TPSA) is 0 Å². The first kappa shape index (κ1) is 7.41. The summed E-state index contributed by atoms with van der Waals surface area (Å²) in [5.74, 6) is 0. The van der Waals surface area contributed by atoms with Gasteiger partial charge in [0.1, 0.15) is 0 Å². The number of halogens is 1. The molecule has 0 bridgehead atoms. The molecule has 1 heteroatoms. The molecule has 0 fully saturated rings. The van der Waals surface area contributed by atoms with Gasteiger partial charge in [0.15, 0.2) is 0 Å². The fourth-order valence-electron chi connectivity index (χ4n) is 0.723. The van der Waals surface area contributed by atoms with Crippen LogP contribution in [-0.4, -0.2) is 0 Å². The van der Waals surface area contributed by atoms with Gasteiger partial charge >= 0.3 is 0 Å².